The molecule has 0 unspecified atom stereocenters. The average molecular weight is 339 g/mol. The van der Waals surface area contributed by atoms with Crippen LogP contribution in [0.2, 0.25) is 0 Å². The van der Waals surface area contributed by atoms with Gasteiger partial charge in [-0.2, -0.15) is 0 Å². The molecule has 128 valence electrons. The summed E-state index contributed by atoms with van der Waals surface area (Å²) in [5.41, 5.74) is 0.468. The fraction of sp³-hybridized carbons (Fsp3) is 0.167. The minimum absolute atomic E-state index is 0.0416. The summed E-state index contributed by atoms with van der Waals surface area (Å²) in [5.74, 6) is 1.32. The zero-order valence-electron chi connectivity index (χ0n) is 13.7. The van der Waals surface area contributed by atoms with Crippen LogP contribution in [0.4, 0.5) is 11.6 Å². The molecule has 0 fully saturated rings. The molecule has 1 aromatic heterocycles. The number of ether oxygens (including phenoxy) is 2. The van der Waals surface area contributed by atoms with Gasteiger partial charge >= 0.3 is 0 Å². The maximum absolute atomic E-state index is 12.3. The van der Waals surface area contributed by atoms with Gasteiger partial charge in [-0.25, -0.2) is 4.98 Å². The number of methoxy groups -OCH3 is 1. The number of amides is 2. The summed E-state index contributed by atoms with van der Waals surface area (Å²) in [7, 11) is 1.56. The lowest BCUT2D eigenvalue weighted by Gasteiger charge is -2.27. The molecule has 0 saturated carbocycles. The standard InChI is InChI=1S/C18H17N3O4/c1-3-10-21-16(22)11-25-14-8-9-15(19-17(14)21)20-18(23)12-4-6-13(24-2)7-5-12/h3-9H,1,10-11H2,2H3,(H,19,20,23). The Labute approximate surface area is 144 Å². The Morgan fingerprint density at radius 2 is 2.12 bits per heavy atom. The summed E-state index contributed by atoms with van der Waals surface area (Å²) in [5, 5.41) is 2.71. The molecule has 0 spiro atoms. The number of hydrogen-bond donors (Lipinski definition) is 1. The first-order valence-electron chi connectivity index (χ1n) is 7.63. The molecule has 7 heteroatoms. The van der Waals surface area contributed by atoms with E-state index in [0.717, 1.165) is 0 Å². The summed E-state index contributed by atoms with van der Waals surface area (Å²) < 4.78 is 10.4. The van der Waals surface area contributed by atoms with E-state index in [1.165, 1.54) is 4.90 Å². The van der Waals surface area contributed by atoms with Crippen molar-refractivity contribution in [1.82, 2.24) is 4.98 Å². The zero-order valence-corrected chi connectivity index (χ0v) is 13.7. The molecule has 1 aromatic carbocycles. The molecular formula is C18H17N3O4. The fourth-order valence-electron chi connectivity index (χ4n) is 2.40. The number of nitrogens with zero attached hydrogens (tertiary/aromatic N) is 2. The van der Waals surface area contributed by atoms with Crippen LogP contribution in [0.15, 0.2) is 49.1 Å². The molecule has 2 heterocycles. The SMILES string of the molecule is C=CCN1C(=O)COc2ccc(NC(=O)c3ccc(OC)cc3)nc21. The Morgan fingerprint density at radius 3 is 2.80 bits per heavy atom. The molecule has 1 aliphatic rings. The summed E-state index contributed by atoms with van der Waals surface area (Å²) in [6.07, 6.45) is 1.61. The van der Waals surface area contributed by atoms with Gasteiger partial charge in [0.2, 0.25) is 0 Å². The Morgan fingerprint density at radius 1 is 1.36 bits per heavy atom. The molecular weight excluding hydrogens is 322 g/mol. The monoisotopic (exact) mass is 339 g/mol. The Kier molecular flexibility index (Phi) is 4.65. The van der Waals surface area contributed by atoms with Crippen molar-refractivity contribution in [2.45, 2.75) is 0 Å². The van der Waals surface area contributed by atoms with Crippen LogP contribution in [0.3, 0.4) is 0 Å². The minimum Gasteiger partial charge on any atom is -0.497 e. The number of benzene rings is 1. The zero-order chi connectivity index (χ0) is 17.8. The van der Waals surface area contributed by atoms with Crippen LogP contribution in [-0.2, 0) is 4.79 Å². The highest BCUT2D eigenvalue weighted by atomic mass is 16.5. The van der Waals surface area contributed by atoms with Crippen molar-refractivity contribution in [3.63, 3.8) is 0 Å². The second-order valence-corrected chi connectivity index (χ2v) is 5.28. The average Bonchev–Trinajstić information content (AvgIpc) is 2.64. The largest absolute Gasteiger partial charge is 0.497 e. The molecule has 0 saturated heterocycles. The van der Waals surface area contributed by atoms with E-state index in [4.69, 9.17) is 9.47 Å². The van der Waals surface area contributed by atoms with Crippen LogP contribution in [0.5, 0.6) is 11.5 Å². The second kappa shape index (κ2) is 7.04. The molecule has 1 N–H and O–H groups in total. The summed E-state index contributed by atoms with van der Waals surface area (Å²) in [4.78, 5) is 30.1. The maximum atomic E-state index is 12.3. The molecule has 0 aliphatic carbocycles. The van der Waals surface area contributed by atoms with E-state index in [9.17, 15) is 9.59 Å². The molecule has 7 nitrogen and oxygen atoms in total. The molecule has 0 atom stereocenters. The smallest absolute Gasteiger partial charge is 0.266 e. The Balaban J connectivity index is 1.82. The van der Waals surface area contributed by atoms with Gasteiger partial charge in [0.05, 0.1) is 7.11 Å². The van der Waals surface area contributed by atoms with Crippen molar-refractivity contribution < 1.29 is 19.1 Å². The first kappa shape index (κ1) is 16.5. The van der Waals surface area contributed by atoms with Crippen LogP contribution in [0, 0.1) is 0 Å². The molecule has 25 heavy (non-hydrogen) atoms. The van der Waals surface area contributed by atoms with Crippen LogP contribution < -0.4 is 19.7 Å². The van der Waals surface area contributed by atoms with Gasteiger partial charge in [-0.05, 0) is 36.4 Å². The van der Waals surface area contributed by atoms with E-state index < -0.39 is 0 Å². The topological polar surface area (TPSA) is 80.8 Å². The molecule has 0 radical (unpaired) electrons. The molecule has 2 aromatic rings. The highest BCUT2D eigenvalue weighted by molar-refractivity contribution is 6.04. The van der Waals surface area contributed by atoms with E-state index in [2.05, 4.69) is 16.9 Å². The number of rotatable bonds is 5. The summed E-state index contributed by atoms with van der Waals surface area (Å²) in [6, 6.07) is 10.0. The Bertz CT molecular complexity index is 818. The van der Waals surface area contributed by atoms with Crippen molar-refractivity contribution in [2.75, 3.05) is 30.5 Å². The highest BCUT2D eigenvalue weighted by Crippen LogP contribution is 2.31. The lowest BCUT2D eigenvalue weighted by atomic mass is 10.2. The Hall–Kier alpha value is -3.35. The first-order chi connectivity index (χ1) is 12.1. The number of nitrogens with one attached hydrogen (secondary N) is 1. The lowest BCUT2D eigenvalue weighted by molar-refractivity contribution is -0.121. The van der Waals surface area contributed by atoms with E-state index in [0.29, 0.717) is 35.2 Å². The number of carbonyl (C=O) groups is 2. The highest BCUT2D eigenvalue weighted by Gasteiger charge is 2.26. The van der Waals surface area contributed by atoms with E-state index in [1.54, 1.807) is 49.6 Å². The van der Waals surface area contributed by atoms with Crippen molar-refractivity contribution in [2.24, 2.45) is 0 Å². The second-order valence-electron chi connectivity index (χ2n) is 5.28. The van der Waals surface area contributed by atoms with Gasteiger partial charge in [-0.15, -0.1) is 6.58 Å². The van der Waals surface area contributed by atoms with Crippen LogP contribution in [0.25, 0.3) is 0 Å². The van der Waals surface area contributed by atoms with E-state index >= 15 is 0 Å². The number of hydrogen-bond acceptors (Lipinski definition) is 5. The van der Waals surface area contributed by atoms with Crippen LogP contribution in [0.1, 0.15) is 10.4 Å². The molecule has 0 bridgehead atoms. The predicted octanol–water partition coefficient (Wildman–Crippen LogP) is 2.25. The summed E-state index contributed by atoms with van der Waals surface area (Å²) in [6.45, 7) is 3.92. The summed E-state index contributed by atoms with van der Waals surface area (Å²) >= 11 is 0. The fourth-order valence-corrected chi connectivity index (χ4v) is 2.40. The maximum Gasteiger partial charge on any atom is 0.266 e. The van der Waals surface area contributed by atoms with E-state index in [1.807, 2.05) is 0 Å². The number of fused-ring (bicyclic) bond motifs is 1. The van der Waals surface area contributed by atoms with Crippen molar-refractivity contribution in [3.8, 4) is 11.5 Å². The normalized spacial score (nSPS) is 12.8. The van der Waals surface area contributed by atoms with Gasteiger partial charge in [0.15, 0.2) is 18.2 Å². The van der Waals surface area contributed by atoms with Gasteiger partial charge in [0.25, 0.3) is 11.8 Å². The number of carbonyl (C=O) groups excluding carboxylic acids is 2. The van der Waals surface area contributed by atoms with E-state index in [-0.39, 0.29) is 18.4 Å². The number of anilines is 2. The predicted molar refractivity (Wildman–Crippen MR) is 93.2 cm³/mol. The van der Waals surface area contributed by atoms with Crippen LogP contribution in [-0.4, -0.2) is 37.1 Å². The third kappa shape index (κ3) is 3.45. The van der Waals surface area contributed by atoms with Crippen molar-refractivity contribution in [1.29, 1.82) is 0 Å². The van der Waals surface area contributed by atoms with Gasteiger partial charge < -0.3 is 14.8 Å². The number of pyridine rings is 1. The van der Waals surface area contributed by atoms with Gasteiger partial charge in [0, 0.05) is 12.1 Å². The van der Waals surface area contributed by atoms with Crippen LogP contribution >= 0.6 is 0 Å². The van der Waals surface area contributed by atoms with Crippen molar-refractivity contribution in [3.05, 3.63) is 54.6 Å². The van der Waals surface area contributed by atoms with Crippen molar-refractivity contribution >= 4 is 23.5 Å². The van der Waals surface area contributed by atoms with Gasteiger partial charge in [0.1, 0.15) is 11.6 Å². The minimum atomic E-state index is -0.312. The molecule has 1 aliphatic heterocycles. The van der Waals surface area contributed by atoms with Gasteiger partial charge in [-0.3, -0.25) is 14.5 Å². The lowest BCUT2D eigenvalue weighted by Crippen LogP contribution is -2.39. The quantitative estimate of drug-likeness (QED) is 0.845. The molecule has 2 amide bonds. The third-order valence-corrected chi connectivity index (χ3v) is 3.65. The van der Waals surface area contributed by atoms with Gasteiger partial charge in [-0.1, -0.05) is 6.08 Å². The number of aromatic nitrogens is 1. The third-order valence-electron chi connectivity index (χ3n) is 3.65. The first-order valence-corrected chi connectivity index (χ1v) is 7.63. The molecule has 3 rings (SSSR count).